The number of hydrogen-bond acceptors (Lipinski definition) is 5. The summed E-state index contributed by atoms with van der Waals surface area (Å²) in [6.45, 7) is 6.53. The smallest absolute Gasteiger partial charge is 0.251 e. The normalized spacial score (nSPS) is 20.5. The highest BCUT2D eigenvalue weighted by atomic mass is 16.3. The van der Waals surface area contributed by atoms with E-state index in [1.54, 1.807) is 6.20 Å². The lowest BCUT2D eigenvalue weighted by atomic mass is 9.86. The highest BCUT2D eigenvalue weighted by molar-refractivity contribution is 6.00. The Bertz CT molecular complexity index is 1470. The molecule has 2 aliphatic carbocycles. The fourth-order valence-corrected chi connectivity index (χ4v) is 5.70. The lowest BCUT2D eigenvalue weighted by Gasteiger charge is -2.26. The molecule has 4 aromatic rings. The van der Waals surface area contributed by atoms with Gasteiger partial charge in [-0.25, -0.2) is 4.98 Å². The second-order valence-corrected chi connectivity index (χ2v) is 12.2. The van der Waals surface area contributed by atoms with Crippen molar-refractivity contribution in [2.45, 2.75) is 82.4 Å². The molecule has 0 aliphatic heterocycles. The first kappa shape index (κ1) is 25.6. The number of aliphatic hydroxyl groups excluding tert-OH is 1. The first-order valence-electron chi connectivity index (χ1n) is 14.0. The fourth-order valence-electron chi connectivity index (χ4n) is 5.70. The Morgan fingerprint density at radius 2 is 1.67 bits per heavy atom. The third-order valence-corrected chi connectivity index (χ3v) is 8.36. The van der Waals surface area contributed by atoms with Crippen molar-refractivity contribution in [3.05, 3.63) is 77.5 Å². The van der Waals surface area contributed by atoms with E-state index in [-0.39, 0.29) is 23.0 Å². The molecular formula is C32H37N5O2. The number of aromatic amines is 1. The van der Waals surface area contributed by atoms with Crippen molar-refractivity contribution in [3.8, 4) is 11.1 Å². The van der Waals surface area contributed by atoms with Crippen LogP contribution < -0.4 is 10.6 Å². The summed E-state index contributed by atoms with van der Waals surface area (Å²) in [6, 6.07) is 18.8. The number of nitrogens with one attached hydrogen (secondary N) is 3. The molecule has 0 atom stereocenters. The van der Waals surface area contributed by atoms with E-state index < -0.39 is 0 Å². The Morgan fingerprint density at radius 1 is 0.974 bits per heavy atom. The van der Waals surface area contributed by atoms with Crippen molar-refractivity contribution in [1.29, 1.82) is 0 Å². The number of aromatic nitrogens is 3. The molecule has 2 aliphatic rings. The van der Waals surface area contributed by atoms with Gasteiger partial charge in [0.25, 0.3) is 5.91 Å². The van der Waals surface area contributed by atoms with E-state index in [1.165, 1.54) is 5.56 Å². The molecule has 7 nitrogen and oxygen atoms in total. The highest BCUT2D eigenvalue weighted by Crippen LogP contribution is 2.46. The molecule has 6 rings (SSSR count). The van der Waals surface area contributed by atoms with Gasteiger partial charge in [0.05, 0.1) is 17.0 Å². The van der Waals surface area contributed by atoms with Gasteiger partial charge in [0, 0.05) is 17.8 Å². The molecule has 7 heteroatoms. The quantitative estimate of drug-likeness (QED) is 0.246. The van der Waals surface area contributed by atoms with Crippen molar-refractivity contribution < 1.29 is 9.90 Å². The summed E-state index contributed by atoms with van der Waals surface area (Å²) in [5.41, 5.74) is 5.68. The van der Waals surface area contributed by atoms with Gasteiger partial charge < -0.3 is 15.7 Å². The van der Waals surface area contributed by atoms with Gasteiger partial charge in [0.1, 0.15) is 0 Å². The maximum Gasteiger partial charge on any atom is 0.251 e. The Kier molecular flexibility index (Phi) is 6.42. The summed E-state index contributed by atoms with van der Waals surface area (Å²) in [5.74, 6) is 0.777. The highest BCUT2D eigenvalue weighted by Gasteiger charge is 2.45. The van der Waals surface area contributed by atoms with E-state index in [1.807, 2.05) is 18.2 Å². The maximum atomic E-state index is 13.1. The first-order chi connectivity index (χ1) is 18.7. The zero-order chi connectivity index (χ0) is 27.2. The molecule has 0 bridgehead atoms. The van der Waals surface area contributed by atoms with Crippen LogP contribution in [-0.2, 0) is 11.0 Å². The van der Waals surface area contributed by atoms with Crippen molar-refractivity contribution in [2.24, 2.45) is 0 Å². The SMILES string of the molecule is CC(C)(C)c1ccc(C(=O)NC2(c3ccc(-c4ccnc5[nH]nc(N[C@H]6CC[C@H](O)CC6)c45)cc3)CC2)cc1. The zero-order valence-electron chi connectivity index (χ0n) is 22.9. The second kappa shape index (κ2) is 9.79. The second-order valence-electron chi connectivity index (χ2n) is 12.2. The molecule has 0 unspecified atom stereocenters. The van der Waals surface area contributed by atoms with Crippen molar-refractivity contribution in [1.82, 2.24) is 20.5 Å². The van der Waals surface area contributed by atoms with Gasteiger partial charge in [-0.15, -0.1) is 0 Å². The van der Waals surface area contributed by atoms with Crippen LogP contribution in [0.4, 0.5) is 5.82 Å². The minimum atomic E-state index is -0.306. The number of carbonyl (C=O) groups is 1. The number of carbonyl (C=O) groups excluding carboxylic acids is 1. The minimum absolute atomic E-state index is 0.0303. The summed E-state index contributed by atoms with van der Waals surface area (Å²) >= 11 is 0. The van der Waals surface area contributed by atoms with E-state index in [4.69, 9.17) is 0 Å². The molecule has 4 N–H and O–H groups in total. The summed E-state index contributed by atoms with van der Waals surface area (Å²) in [6.07, 6.45) is 6.96. The summed E-state index contributed by atoms with van der Waals surface area (Å²) in [5, 5.41) is 25.3. The largest absolute Gasteiger partial charge is 0.393 e. The summed E-state index contributed by atoms with van der Waals surface area (Å²) < 4.78 is 0. The molecule has 2 heterocycles. The third-order valence-electron chi connectivity index (χ3n) is 8.36. The van der Waals surface area contributed by atoms with Crippen LogP contribution in [0.3, 0.4) is 0 Å². The Labute approximate surface area is 229 Å². The lowest BCUT2D eigenvalue weighted by molar-refractivity contribution is 0.0930. The molecule has 202 valence electrons. The number of hydrogen-bond donors (Lipinski definition) is 4. The van der Waals surface area contributed by atoms with Crippen LogP contribution in [0.25, 0.3) is 22.2 Å². The third kappa shape index (κ3) is 5.15. The van der Waals surface area contributed by atoms with Gasteiger partial charge in [-0.1, -0.05) is 57.2 Å². The predicted molar refractivity (Wildman–Crippen MR) is 155 cm³/mol. The van der Waals surface area contributed by atoms with Crippen LogP contribution in [0.1, 0.15) is 80.8 Å². The number of pyridine rings is 1. The minimum Gasteiger partial charge on any atom is -0.393 e. The molecule has 2 saturated carbocycles. The van der Waals surface area contributed by atoms with E-state index in [2.05, 4.69) is 83.0 Å². The van der Waals surface area contributed by atoms with Crippen LogP contribution >= 0.6 is 0 Å². The number of nitrogens with zero attached hydrogens (tertiary/aromatic N) is 2. The number of H-pyrrole nitrogens is 1. The number of benzene rings is 2. The molecule has 2 aromatic heterocycles. The summed E-state index contributed by atoms with van der Waals surface area (Å²) in [7, 11) is 0. The molecule has 0 saturated heterocycles. The standard InChI is InChI=1S/C32H37N5O2/c1-31(2,3)22-8-6-21(7-9-22)30(39)35-32(17-18-32)23-10-4-20(5-11-23)26-16-19-33-28-27(26)29(37-36-28)34-24-12-14-25(38)15-13-24/h4-11,16,19,24-25,38H,12-15,17-18H2,1-3H3,(H,35,39)(H2,33,34,36,37)/t24-,25-. The lowest BCUT2D eigenvalue weighted by Crippen LogP contribution is -2.34. The van der Waals surface area contributed by atoms with Gasteiger partial charge in [0.15, 0.2) is 11.5 Å². The van der Waals surface area contributed by atoms with Gasteiger partial charge in [0.2, 0.25) is 0 Å². The summed E-state index contributed by atoms with van der Waals surface area (Å²) in [4.78, 5) is 17.6. The number of amides is 1. The van der Waals surface area contributed by atoms with Crippen LogP contribution in [0.15, 0.2) is 60.8 Å². The maximum absolute atomic E-state index is 13.1. The average molecular weight is 524 g/mol. The zero-order valence-corrected chi connectivity index (χ0v) is 22.9. The number of anilines is 1. The number of rotatable bonds is 6. The van der Waals surface area contributed by atoms with Gasteiger partial charge in [-0.05, 0) is 84.4 Å². The van der Waals surface area contributed by atoms with Crippen molar-refractivity contribution in [3.63, 3.8) is 0 Å². The molecule has 2 aromatic carbocycles. The van der Waals surface area contributed by atoms with Crippen molar-refractivity contribution >= 4 is 22.8 Å². The van der Waals surface area contributed by atoms with E-state index in [0.29, 0.717) is 11.6 Å². The van der Waals surface area contributed by atoms with Crippen LogP contribution in [0.2, 0.25) is 0 Å². The van der Waals surface area contributed by atoms with Gasteiger partial charge in [-0.2, -0.15) is 5.10 Å². The monoisotopic (exact) mass is 523 g/mol. The molecular weight excluding hydrogens is 486 g/mol. The Balaban J connectivity index is 1.21. The van der Waals surface area contributed by atoms with E-state index >= 15 is 0 Å². The van der Waals surface area contributed by atoms with Crippen molar-refractivity contribution in [2.75, 3.05) is 5.32 Å². The molecule has 0 radical (unpaired) electrons. The van der Waals surface area contributed by atoms with E-state index in [9.17, 15) is 9.90 Å². The van der Waals surface area contributed by atoms with E-state index in [0.717, 1.165) is 72.1 Å². The molecule has 2 fully saturated rings. The van der Waals surface area contributed by atoms with Crippen LogP contribution in [0, 0.1) is 0 Å². The molecule has 39 heavy (non-hydrogen) atoms. The topological polar surface area (TPSA) is 103 Å². The van der Waals surface area contributed by atoms with Gasteiger partial charge >= 0.3 is 0 Å². The first-order valence-corrected chi connectivity index (χ1v) is 14.0. The Hall–Kier alpha value is -3.71. The number of aliphatic hydroxyl groups is 1. The predicted octanol–water partition coefficient (Wildman–Crippen LogP) is 6.06. The fraction of sp³-hybridized carbons (Fsp3) is 0.406. The average Bonchev–Trinajstić information content (AvgIpc) is 3.61. The molecule has 1 amide bonds. The molecule has 0 spiro atoms. The van der Waals surface area contributed by atoms with Crippen LogP contribution in [-0.4, -0.2) is 38.3 Å². The van der Waals surface area contributed by atoms with Gasteiger partial charge in [-0.3, -0.25) is 9.89 Å². The van der Waals surface area contributed by atoms with Crippen LogP contribution in [0.5, 0.6) is 0 Å². The Morgan fingerprint density at radius 3 is 2.31 bits per heavy atom. The number of fused-ring (bicyclic) bond motifs is 1.